The molecule has 1 N–H and O–H groups in total. The second-order valence-electron chi connectivity index (χ2n) is 6.48. The molecule has 0 saturated heterocycles. The van der Waals surface area contributed by atoms with Crippen LogP contribution in [0, 0.1) is 0 Å². The lowest BCUT2D eigenvalue weighted by Gasteiger charge is -2.27. The molecule has 2 aromatic carbocycles. The van der Waals surface area contributed by atoms with Crippen LogP contribution in [0.1, 0.15) is 20.8 Å². The zero-order valence-electron chi connectivity index (χ0n) is 13.0. The molecule has 3 rings (SSSR count). The average Bonchev–Trinajstić information content (AvgIpc) is 2.87. The van der Waals surface area contributed by atoms with E-state index in [9.17, 15) is 9.46 Å². The fraction of sp³-hybridized carbons (Fsp3) is 0.222. The molecule has 0 aliphatic carbocycles. The molecule has 1 atom stereocenters. The first-order valence-corrected chi connectivity index (χ1v) is 8.98. The van der Waals surface area contributed by atoms with Crippen LogP contribution < -0.4 is 5.44 Å². The highest BCUT2D eigenvalue weighted by Crippen LogP contribution is 2.53. The van der Waals surface area contributed by atoms with Crippen LogP contribution in [-0.4, -0.2) is 14.6 Å². The van der Waals surface area contributed by atoms with Gasteiger partial charge in [0.25, 0.3) is 7.37 Å². The average molecular weight is 313 g/mol. The molecule has 1 aromatic heterocycles. The number of nitrogens with zero attached hydrogens (tertiary/aromatic N) is 1. The van der Waals surface area contributed by atoms with Crippen LogP contribution in [-0.2, 0) is 4.57 Å². The second-order valence-corrected chi connectivity index (χ2v) is 9.43. The standard InChI is InChI=1S/C18H20NO2P/c1-18(2,3)22(20,21)17-13-14-9-7-8-12-16(14)19(17)15-10-5-4-6-11-15/h4-13H,1-3H3,(H,20,21). The Bertz CT molecular complexity index is 860. The van der Waals surface area contributed by atoms with E-state index in [4.69, 9.17) is 0 Å². The number of fused-ring (bicyclic) bond motifs is 1. The summed E-state index contributed by atoms with van der Waals surface area (Å²) in [7, 11) is -3.54. The summed E-state index contributed by atoms with van der Waals surface area (Å²) < 4.78 is 15.0. The maximum Gasteiger partial charge on any atom is 0.251 e. The highest BCUT2D eigenvalue weighted by Gasteiger charge is 2.39. The Hall–Kier alpha value is -1.83. The lowest BCUT2D eigenvalue weighted by Crippen LogP contribution is -2.27. The van der Waals surface area contributed by atoms with Crippen molar-refractivity contribution in [3.63, 3.8) is 0 Å². The monoisotopic (exact) mass is 313 g/mol. The minimum absolute atomic E-state index is 0.479. The van der Waals surface area contributed by atoms with Crippen molar-refractivity contribution >= 4 is 23.7 Å². The van der Waals surface area contributed by atoms with Crippen molar-refractivity contribution in [2.24, 2.45) is 0 Å². The summed E-state index contributed by atoms with van der Waals surface area (Å²) in [5.41, 5.74) is 2.33. The first kappa shape index (κ1) is 15.1. The third kappa shape index (κ3) is 2.31. The Kier molecular flexibility index (Phi) is 3.51. The van der Waals surface area contributed by atoms with Crippen LogP contribution in [0.5, 0.6) is 0 Å². The number of benzene rings is 2. The fourth-order valence-electron chi connectivity index (χ4n) is 2.56. The van der Waals surface area contributed by atoms with E-state index in [1.54, 1.807) is 20.8 Å². The smallest absolute Gasteiger partial charge is 0.251 e. The summed E-state index contributed by atoms with van der Waals surface area (Å²) in [5, 5.41) is 0.258. The molecule has 0 spiro atoms. The summed E-state index contributed by atoms with van der Waals surface area (Å²) in [4.78, 5) is 10.8. The van der Waals surface area contributed by atoms with E-state index in [0.29, 0.717) is 5.44 Å². The van der Waals surface area contributed by atoms with E-state index in [1.165, 1.54) is 0 Å². The van der Waals surface area contributed by atoms with Gasteiger partial charge in [0.1, 0.15) is 5.44 Å². The minimum Gasteiger partial charge on any atom is -0.340 e. The summed E-state index contributed by atoms with van der Waals surface area (Å²) >= 11 is 0. The molecular formula is C18H20NO2P. The lowest BCUT2D eigenvalue weighted by atomic mass is 10.2. The van der Waals surface area contributed by atoms with Crippen molar-refractivity contribution < 1.29 is 9.46 Å². The van der Waals surface area contributed by atoms with E-state index in [2.05, 4.69) is 0 Å². The van der Waals surface area contributed by atoms with E-state index in [-0.39, 0.29) is 0 Å². The zero-order valence-corrected chi connectivity index (χ0v) is 13.9. The van der Waals surface area contributed by atoms with Crippen molar-refractivity contribution in [2.45, 2.75) is 25.9 Å². The maximum atomic E-state index is 13.1. The van der Waals surface area contributed by atoms with Gasteiger partial charge in [-0.2, -0.15) is 0 Å². The summed E-state index contributed by atoms with van der Waals surface area (Å²) in [6.45, 7) is 5.42. The van der Waals surface area contributed by atoms with E-state index in [0.717, 1.165) is 16.6 Å². The predicted molar refractivity (Wildman–Crippen MR) is 92.5 cm³/mol. The van der Waals surface area contributed by atoms with Gasteiger partial charge in [-0.15, -0.1) is 0 Å². The van der Waals surface area contributed by atoms with Gasteiger partial charge in [-0.25, -0.2) is 0 Å². The minimum atomic E-state index is -3.54. The van der Waals surface area contributed by atoms with E-state index < -0.39 is 12.5 Å². The van der Waals surface area contributed by atoms with E-state index in [1.807, 2.05) is 65.2 Å². The third-order valence-corrected chi connectivity index (χ3v) is 6.69. The molecule has 0 aliphatic rings. The first-order chi connectivity index (χ1) is 10.3. The molecule has 114 valence electrons. The van der Waals surface area contributed by atoms with Crippen molar-refractivity contribution in [1.82, 2.24) is 4.57 Å². The largest absolute Gasteiger partial charge is 0.340 e. The van der Waals surface area contributed by atoms with Crippen LogP contribution in [0.25, 0.3) is 16.6 Å². The van der Waals surface area contributed by atoms with Gasteiger partial charge >= 0.3 is 0 Å². The summed E-state index contributed by atoms with van der Waals surface area (Å²) in [6, 6.07) is 19.4. The molecule has 1 heterocycles. The molecule has 22 heavy (non-hydrogen) atoms. The van der Waals surface area contributed by atoms with Gasteiger partial charge in [0.2, 0.25) is 0 Å². The Morgan fingerprint density at radius 3 is 2.18 bits per heavy atom. The van der Waals surface area contributed by atoms with Crippen molar-refractivity contribution in [2.75, 3.05) is 0 Å². The molecule has 0 saturated carbocycles. The van der Waals surface area contributed by atoms with Gasteiger partial charge in [0.15, 0.2) is 0 Å². The van der Waals surface area contributed by atoms with Crippen LogP contribution >= 0.6 is 7.37 Å². The molecule has 0 bridgehead atoms. The summed E-state index contributed by atoms with van der Waals surface area (Å²) in [5.74, 6) is 0. The lowest BCUT2D eigenvalue weighted by molar-refractivity contribution is 0.456. The van der Waals surface area contributed by atoms with Crippen molar-refractivity contribution in [1.29, 1.82) is 0 Å². The van der Waals surface area contributed by atoms with Crippen LogP contribution in [0.4, 0.5) is 0 Å². The molecule has 4 heteroatoms. The van der Waals surface area contributed by atoms with Crippen molar-refractivity contribution in [3.05, 3.63) is 60.7 Å². The second kappa shape index (κ2) is 5.12. The van der Waals surface area contributed by atoms with E-state index >= 15 is 0 Å². The molecular weight excluding hydrogens is 293 g/mol. The predicted octanol–water partition coefficient (Wildman–Crippen LogP) is 4.32. The van der Waals surface area contributed by atoms with Gasteiger partial charge in [0, 0.05) is 16.2 Å². The normalized spacial score (nSPS) is 14.9. The fourth-order valence-corrected chi connectivity index (χ4v) is 4.05. The molecule has 1 unspecified atom stereocenters. The van der Waals surface area contributed by atoms with Gasteiger partial charge in [-0.05, 0) is 24.3 Å². The highest BCUT2D eigenvalue weighted by atomic mass is 31.2. The molecule has 0 amide bonds. The Morgan fingerprint density at radius 2 is 1.55 bits per heavy atom. The Morgan fingerprint density at radius 1 is 0.955 bits per heavy atom. The molecule has 0 fully saturated rings. The Balaban J connectivity index is 2.39. The first-order valence-electron chi connectivity index (χ1n) is 7.32. The van der Waals surface area contributed by atoms with Crippen LogP contribution in [0.2, 0.25) is 0 Å². The van der Waals surface area contributed by atoms with Crippen LogP contribution in [0.3, 0.4) is 0 Å². The quantitative estimate of drug-likeness (QED) is 0.716. The van der Waals surface area contributed by atoms with Gasteiger partial charge in [0.05, 0.1) is 5.52 Å². The maximum absolute atomic E-state index is 13.1. The van der Waals surface area contributed by atoms with Gasteiger partial charge in [-0.1, -0.05) is 57.2 Å². The third-order valence-electron chi connectivity index (χ3n) is 3.93. The van der Waals surface area contributed by atoms with Crippen LogP contribution in [0.15, 0.2) is 60.7 Å². The summed E-state index contributed by atoms with van der Waals surface area (Å²) in [6.07, 6.45) is 0. The number of rotatable bonds is 2. The molecule has 0 aliphatic heterocycles. The molecule has 0 radical (unpaired) electrons. The highest BCUT2D eigenvalue weighted by molar-refractivity contribution is 7.67. The Labute approximate surface area is 130 Å². The van der Waals surface area contributed by atoms with Gasteiger partial charge < -0.3 is 9.46 Å². The van der Waals surface area contributed by atoms with Crippen molar-refractivity contribution in [3.8, 4) is 5.69 Å². The number of aromatic nitrogens is 1. The SMILES string of the molecule is CC(C)(C)P(=O)(O)c1cc2ccccc2n1-c1ccccc1. The molecule has 3 nitrogen and oxygen atoms in total. The van der Waals surface area contributed by atoms with Gasteiger partial charge in [-0.3, -0.25) is 4.57 Å². The zero-order chi connectivity index (χ0) is 16.0. The number of hydrogen-bond acceptors (Lipinski definition) is 1. The topological polar surface area (TPSA) is 42.2 Å². The molecule has 3 aromatic rings. The number of hydrogen-bond donors (Lipinski definition) is 1. The number of para-hydroxylation sites is 2.